The van der Waals surface area contributed by atoms with Crippen molar-refractivity contribution in [3.63, 3.8) is 0 Å². The largest absolute Gasteiger partial charge is 0.384 e. The predicted octanol–water partition coefficient (Wildman–Crippen LogP) is 2.14. The van der Waals surface area contributed by atoms with Crippen molar-refractivity contribution in [3.8, 4) is 0 Å². The van der Waals surface area contributed by atoms with Gasteiger partial charge in [-0.2, -0.15) is 0 Å². The van der Waals surface area contributed by atoms with Crippen LogP contribution in [0.1, 0.15) is 37.3 Å². The normalized spacial score (nSPS) is 33.7. The average molecular weight is 288 g/mol. The number of hydrogen-bond donors (Lipinski definition) is 2. The fourth-order valence-corrected chi connectivity index (χ4v) is 4.04. The van der Waals surface area contributed by atoms with E-state index in [1.807, 2.05) is 6.07 Å². The summed E-state index contributed by atoms with van der Waals surface area (Å²) in [5, 5.41) is 14.8. The molecular formula is C18H28N2O. The SMILES string of the molecule is CC1CN(C)CCC1NCC1(O)CCCc2ccccc21. The molecule has 1 aromatic carbocycles. The fourth-order valence-electron chi connectivity index (χ4n) is 4.04. The number of aryl methyl sites for hydroxylation is 1. The number of aliphatic hydroxyl groups is 1. The first-order valence-electron chi connectivity index (χ1n) is 8.31. The first-order valence-corrected chi connectivity index (χ1v) is 8.31. The van der Waals surface area contributed by atoms with Gasteiger partial charge in [-0.3, -0.25) is 0 Å². The van der Waals surface area contributed by atoms with Crippen LogP contribution in [0.2, 0.25) is 0 Å². The highest BCUT2D eigenvalue weighted by molar-refractivity contribution is 5.35. The van der Waals surface area contributed by atoms with E-state index in [1.165, 1.54) is 12.0 Å². The molecule has 0 radical (unpaired) electrons. The lowest BCUT2D eigenvalue weighted by molar-refractivity contribution is 0.0119. The van der Waals surface area contributed by atoms with Gasteiger partial charge in [0.2, 0.25) is 0 Å². The van der Waals surface area contributed by atoms with E-state index in [1.54, 1.807) is 0 Å². The van der Waals surface area contributed by atoms with E-state index in [4.69, 9.17) is 0 Å². The van der Waals surface area contributed by atoms with Crippen molar-refractivity contribution in [2.45, 2.75) is 44.2 Å². The summed E-state index contributed by atoms with van der Waals surface area (Å²) < 4.78 is 0. The number of fused-ring (bicyclic) bond motifs is 1. The van der Waals surface area contributed by atoms with Gasteiger partial charge < -0.3 is 15.3 Å². The van der Waals surface area contributed by atoms with Crippen LogP contribution >= 0.6 is 0 Å². The molecule has 116 valence electrons. The van der Waals surface area contributed by atoms with Gasteiger partial charge in [0, 0.05) is 19.1 Å². The predicted molar refractivity (Wildman–Crippen MR) is 86.3 cm³/mol. The molecule has 3 atom stereocenters. The lowest BCUT2D eigenvalue weighted by atomic mass is 9.78. The number of benzene rings is 1. The lowest BCUT2D eigenvalue weighted by Gasteiger charge is -2.39. The maximum atomic E-state index is 11.1. The minimum absolute atomic E-state index is 0.527. The van der Waals surface area contributed by atoms with E-state index in [-0.39, 0.29) is 0 Å². The van der Waals surface area contributed by atoms with Gasteiger partial charge in [0.05, 0.1) is 0 Å². The highest BCUT2D eigenvalue weighted by Crippen LogP contribution is 2.35. The molecule has 3 nitrogen and oxygen atoms in total. The van der Waals surface area contributed by atoms with Gasteiger partial charge in [-0.15, -0.1) is 0 Å². The van der Waals surface area contributed by atoms with Crippen molar-refractivity contribution in [1.82, 2.24) is 10.2 Å². The van der Waals surface area contributed by atoms with Gasteiger partial charge in [-0.25, -0.2) is 0 Å². The fraction of sp³-hybridized carbons (Fsp3) is 0.667. The summed E-state index contributed by atoms with van der Waals surface area (Å²) in [5.41, 5.74) is 1.78. The Labute approximate surface area is 128 Å². The second-order valence-corrected chi connectivity index (χ2v) is 7.06. The van der Waals surface area contributed by atoms with Crippen molar-refractivity contribution < 1.29 is 5.11 Å². The van der Waals surface area contributed by atoms with E-state index in [0.29, 0.717) is 18.5 Å². The number of piperidine rings is 1. The Bertz CT molecular complexity index is 490. The molecule has 0 saturated carbocycles. The molecule has 3 heteroatoms. The molecule has 1 heterocycles. The zero-order valence-electron chi connectivity index (χ0n) is 13.3. The monoisotopic (exact) mass is 288 g/mol. The Kier molecular flexibility index (Phi) is 4.34. The minimum atomic E-state index is -0.683. The maximum Gasteiger partial charge on any atom is 0.102 e. The third-order valence-electron chi connectivity index (χ3n) is 5.32. The van der Waals surface area contributed by atoms with Gasteiger partial charge >= 0.3 is 0 Å². The van der Waals surface area contributed by atoms with E-state index in [9.17, 15) is 5.11 Å². The van der Waals surface area contributed by atoms with Gasteiger partial charge in [0.1, 0.15) is 5.60 Å². The molecule has 2 N–H and O–H groups in total. The molecule has 1 aromatic rings. The van der Waals surface area contributed by atoms with E-state index >= 15 is 0 Å². The highest BCUT2D eigenvalue weighted by Gasteiger charge is 2.35. The van der Waals surface area contributed by atoms with Crippen LogP contribution in [-0.2, 0) is 12.0 Å². The second-order valence-electron chi connectivity index (χ2n) is 7.06. The van der Waals surface area contributed by atoms with Crippen LogP contribution in [0.5, 0.6) is 0 Å². The quantitative estimate of drug-likeness (QED) is 0.894. The maximum absolute atomic E-state index is 11.1. The van der Waals surface area contributed by atoms with Crippen molar-refractivity contribution in [1.29, 1.82) is 0 Å². The Hall–Kier alpha value is -0.900. The third-order valence-corrected chi connectivity index (χ3v) is 5.32. The van der Waals surface area contributed by atoms with Crippen molar-refractivity contribution in [3.05, 3.63) is 35.4 Å². The molecule has 0 spiro atoms. The summed E-state index contributed by atoms with van der Waals surface area (Å²) in [7, 11) is 2.19. The first kappa shape index (κ1) is 15.0. The Balaban J connectivity index is 1.68. The van der Waals surface area contributed by atoms with Gasteiger partial charge in [0.25, 0.3) is 0 Å². The molecule has 1 saturated heterocycles. The van der Waals surface area contributed by atoms with Crippen molar-refractivity contribution >= 4 is 0 Å². The smallest absolute Gasteiger partial charge is 0.102 e. The van der Waals surface area contributed by atoms with E-state index in [0.717, 1.165) is 37.9 Å². The first-order chi connectivity index (χ1) is 10.1. The summed E-state index contributed by atoms with van der Waals surface area (Å²) in [4.78, 5) is 2.40. The molecule has 0 bridgehead atoms. The summed E-state index contributed by atoms with van der Waals surface area (Å²) in [6, 6.07) is 8.93. The summed E-state index contributed by atoms with van der Waals surface area (Å²) in [5.74, 6) is 0.645. The second kappa shape index (κ2) is 6.07. The molecular weight excluding hydrogens is 260 g/mol. The summed E-state index contributed by atoms with van der Waals surface area (Å²) >= 11 is 0. The molecule has 0 amide bonds. The Morgan fingerprint density at radius 1 is 1.38 bits per heavy atom. The molecule has 1 aliphatic carbocycles. The Morgan fingerprint density at radius 3 is 3.00 bits per heavy atom. The minimum Gasteiger partial charge on any atom is -0.384 e. The van der Waals surface area contributed by atoms with E-state index in [2.05, 4.69) is 42.4 Å². The third kappa shape index (κ3) is 3.15. The Morgan fingerprint density at radius 2 is 2.19 bits per heavy atom. The topological polar surface area (TPSA) is 35.5 Å². The summed E-state index contributed by atoms with van der Waals surface area (Å²) in [6.45, 7) is 5.29. The van der Waals surface area contributed by atoms with Crippen LogP contribution in [0.25, 0.3) is 0 Å². The molecule has 21 heavy (non-hydrogen) atoms. The highest BCUT2D eigenvalue weighted by atomic mass is 16.3. The van der Waals surface area contributed by atoms with Crippen LogP contribution in [0, 0.1) is 5.92 Å². The van der Waals surface area contributed by atoms with Crippen LogP contribution in [0.3, 0.4) is 0 Å². The number of nitrogens with zero attached hydrogens (tertiary/aromatic N) is 1. The van der Waals surface area contributed by atoms with Crippen molar-refractivity contribution in [2.24, 2.45) is 5.92 Å². The van der Waals surface area contributed by atoms with Crippen LogP contribution in [0.15, 0.2) is 24.3 Å². The molecule has 3 rings (SSSR count). The summed E-state index contributed by atoms with van der Waals surface area (Å²) in [6.07, 6.45) is 4.23. The van der Waals surface area contributed by atoms with E-state index < -0.39 is 5.60 Å². The van der Waals surface area contributed by atoms with Crippen LogP contribution in [-0.4, -0.2) is 42.7 Å². The number of hydrogen-bond acceptors (Lipinski definition) is 3. The average Bonchev–Trinajstić information content (AvgIpc) is 2.47. The molecule has 0 aromatic heterocycles. The van der Waals surface area contributed by atoms with Crippen molar-refractivity contribution in [2.75, 3.05) is 26.7 Å². The molecule has 1 aliphatic heterocycles. The van der Waals surface area contributed by atoms with Gasteiger partial charge in [-0.1, -0.05) is 31.2 Å². The lowest BCUT2D eigenvalue weighted by Crippen LogP contribution is -2.51. The standard InChI is InChI=1S/C18H28N2O/c1-14-12-20(2)11-9-17(14)19-13-18(21)10-5-7-15-6-3-4-8-16(15)18/h3-4,6,8,14,17,19,21H,5,7,9-13H2,1-2H3. The zero-order chi connectivity index (χ0) is 14.9. The number of rotatable bonds is 3. The number of nitrogens with one attached hydrogen (secondary N) is 1. The molecule has 3 unspecified atom stereocenters. The molecule has 1 fully saturated rings. The van der Waals surface area contributed by atoms with Crippen LogP contribution in [0.4, 0.5) is 0 Å². The van der Waals surface area contributed by atoms with Gasteiger partial charge in [-0.05, 0) is 56.3 Å². The van der Waals surface area contributed by atoms with Gasteiger partial charge in [0.15, 0.2) is 0 Å². The zero-order valence-corrected chi connectivity index (χ0v) is 13.3. The molecule has 2 aliphatic rings. The number of likely N-dealkylation sites (tertiary alicyclic amines) is 1. The van der Waals surface area contributed by atoms with Crippen LogP contribution < -0.4 is 5.32 Å².